The molecule has 10 nitrogen and oxygen atoms in total. The molecule has 3 atom stereocenters. The Bertz CT molecular complexity index is 864. The molecule has 0 bridgehead atoms. The van der Waals surface area contributed by atoms with Crippen LogP contribution in [0.5, 0.6) is 0 Å². The normalized spacial score (nSPS) is 13.5. The van der Waals surface area contributed by atoms with Gasteiger partial charge in [0.15, 0.2) is 0 Å². The highest BCUT2D eigenvalue weighted by molar-refractivity contribution is 9.10. The van der Waals surface area contributed by atoms with E-state index < -0.39 is 52.6 Å². The molecule has 0 aliphatic heterocycles. The summed E-state index contributed by atoms with van der Waals surface area (Å²) in [4.78, 5) is 59.9. The monoisotopic (exact) mass is 516 g/mol. The molecule has 170 valence electrons. The quantitative estimate of drug-likeness (QED) is 0.261. The van der Waals surface area contributed by atoms with E-state index in [2.05, 4.69) is 36.6 Å². The maximum atomic E-state index is 12.6. The standard InChI is InChI=1S/C19H25BrN4O6S/c1-11(2)16(17(27)21-12(10-25)8-9-15(26)24-31(3)30)23-19(29)18(28)22-14-7-5-4-6-13(14)20/h4-7,10-12,16H,8-9H2,1-3H3,(H,21,27)(H,22,28)(H,23,29)(H,24,26). The Labute approximate surface area is 191 Å². The molecule has 12 heteroatoms. The predicted octanol–water partition coefficient (Wildman–Crippen LogP) is 0.402. The smallest absolute Gasteiger partial charge is 0.313 e. The van der Waals surface area contributed by atoms with Gasteiger partial charge in [-0.25, -0.2) is 4.21 Å². The lowest BCUT2D eigenvalue weighted by molar-refractivity contribution is -0.138. The highest BCUT2D eigenvalue weighted by atomic mass is 79.9. The second kappa shape index (κ2) is 13.0. The molecule has 0 saturated heterocycles. The van der Waals surface area contributed by atoms with E-state index in [1.165, 1.54) is 6.26 Å². The Morgan fingerprint density at radius 2 is 1.74 bits per heavy atom. The van der Waals surface area contributed by atoms with E-state index in [0.717, 1.165) is 0 Å². The second-order valence-electron chi connectivity index (χ2n) is 6.90. The molecule has 0 saturated carbocycles. The summed E-state index contributed by atoms with van der Waals surface area (Å²) in [5.41, 5.74) is 0.389. The third-order valence-corrected chi connectivity index (χ3v) is 5.20. The molecule has 0 aliphatic carbocycles. The number of para-hydroxylation sites is 1. The van der Waals surface area contributed by atoms with Crippen LogP contribution in [0, 0.1) is 5.92 Å². The van der Waals surface area contributed by atoms with Gasteiger partial charge in [0.2, 0.25) is 11.8 Å². The number of hydrogen-bond donors (Lipinski definition) is 4. The van der Waals surface area contributed by atoms with Crippen molar-refractivity contribution in [2.75, 3.05) is 11.6 Å². The Morgan fingerprint density at radius 3 is 2.29 bits per heavy atom. The van der Waals surface area contributed by atoms with Crippen molar-refractivity contribution in [1.82, 2.24) is 15.4 Å². The molecule has 4 N–H and O–H groups in total. The second-order valence-corrected chi connectivity index (χ2v) is 8.87. The Morgan fingerprint density at radius 1 is 1.10 bits per heavy atom. The molecule has 1 rings (SSSR count). The first-order chi connectivity index (χ1) is 14.5. The van der Waals surface area contributed by atoms with Gasteiger partial charge in [0.25, 0.3) is 0 Å². The average molecular weight is 517 g/mol. The molecular weight excluding hydrogens is 492 g/mol. The summed E-state index contributed by atoms with van der Waals surface area (Å²) >= 11 is 3.26. The Balaban J connectivity index is 2.71. The van der Waals surface area contributed by atoms with Crippen molar-refractivity contribution in [2.45, 2.75) is 38.8 Å². The summed E-state index contributed by atoms with van der Waals surface area (Å²) in [7, 11) is -1.53. The van der Waals surface area contributed by atoms with Crippen molar-refractivity contribution in [1.29, 1.82) is 0 Å². The average Bonchev–Trinajstić information content (AvgIpc) is 2.69. The number of rotatable bonds is 10. The molecule has 31 heavy (non-hydrogen) atoms. The maximum Gasteiger partial charge on any atom is 0.313 e. The van der Waals surface area contributed by atoms with Crippen LogP contribution in [0.25, 0.3) is 0 Å². The number of anilines is 1. The summed E-state index contributed by atoms with van der Waals surface area (Å²) in [5, 5.41) is 7.24. The molecule has 0 spiro atoms. The lowest BCUT2D eigenvalue weighted by Gasteiger charge is -2.23. The van der Waals surface area contributed by atoms with Crippen molar-refractivity contribution in [3.05, 3.63) is 28.7 Å². The third kappa shape index (κ3) is 9.39. The topological polar surface area (TPSA) is 151 Å². The van der Waals surface area contributed by atoms with E-state index in [1.54, 1.807) is 38.1 Å². The van der Waals surface area contributed by atoms with Gasteiger partial charge in [-0.1, -0.05) is 26.0 Å². The highest BCUT2D eigenvalue weighted by Gasteiger charge is 2.28. The first-order valence-corrected chi connectivity index (χ1v) is 11.6. The van der Waals surface area contributed by atoms with E-state index in [1.807, 2.05) is 0 Å². The number of amides is 4. The molecule has 0 fully saturated rings. The van der Waals surface area contributed by atoms with Crippen LogP contribution in [0.1, 0.15) is 26.7 Å². The lowest BCUT2D eigenvalue weighted by atomic mass is 10.0. The summed E-state index contributed by atoms with van der Waals surface area (Å²) in [6.45, 7) is 3.33. The summed E-state index contributed by atoms with van der Waals surface area (Å²) < 4.78 is 13.7. The van der Waals surface area contributed by atoms with Crippen molar-refractivity contribution >= 4 is 62.5 Å². The van der Waals surface area contributed by atoms with Crippen LogP contribution >= 0.6 is 15.9 Å². The van der Waals surface area contributed by atoms with E-state index in [-0.39, 0.29) is 12.8 Å². The molecule has 3 unspecified atom stereocenters. The van der Waals surface area contributed by atoms with Gasteiger partial charge in [0.1, 0.15) is 23.3 Å². The number of nitrogens with one attached hydrogen (secondary N) is 4. The highest BCUT2D eigenvalue weighted by Crippen LogP contribution is 2.20. The molecule has 0 radical (unpaired) electrons. The SMILES string of the molecule is CC(C)C(NC(=O)C(=O)Nc1ccccc1Br)C(=O)NC(C=O)CCC(=O)NS(C)=O. The van der Waals surface area contributed by atoms with Crippen LogP contribution in [-0.2, 0) is 35.0 Å². The van der Waals surface area contributed by atoms with Crippen molar-refractivity contribution in [2.24, 2.45) is 5.92 Å². The van der Waals surface area contributed by atoms with Crippen molar-refractivity contribution in [3.8, 4) is 0 Å². The summed E-state index contributed by atoms with van der Waals surface area (Å²) in [6, 6.07) is 4.64. The van der Waals surface area contributed by atoms with Crippen molar-refractivity contribution in [3.63, 3.8) is 0 Å². The molecule has 0 aromatic heterocycles. The van der Waals surface area contributed by atoms with Gasteiger partial charge in [-0.15, -0.1) is 0 Å². The summed E-state index contributed by atoms with van der Waals surface area (Å²) in [5.74, 6) is -3.56. The first-order valence-electron chi connectivity index (χ1n) is 9.30. The number of hydrogen-bond acceptors (Lipinski definition) is 6. The number of carbonyl (C=O) groups is 5. The fourth-order valence-corrected chi connectivity index (χ4v) is 3.23. The van der Waals surface area contributed by atoms with Gasteiger partial charge in [0.05, 0.1) is 11.7 Å². The van der Waals surface area contributed by atoms with Gasteiger partial charge >= 0.3 is 11.8 Å². The zero-order valence-corrected chi connectivity index (χ0v) is 19.7. The van der Waals surface area contributed by atoms with E-state index in [0.29, 0.717) is 16.4 Å². The number of carbonyl (C=O) groups excluding carboxylic acids is 5. The number of benzene rings is 1. The fourth-order valence-electron chi connectivity index (χ4n) is 2.43. The van der Waals surface area contributed by atoms with Crippen LogP contribution in [0.4, 0.5) is 5.69 Å². The zero-order chi connectivity index (χ0) is 23.6. The number of aldehydes is 1. The van der Waals surface area contributed by atoms with Crippen molar-refractivity contribution < 1.29 is 28.2 Å². The van der Waals surface area contributed by atoms with Gasteiger partial charge in [-0.2, -0.15) is 0 Å². The minimum Gasteiger partial charge on any atom is -0.345 e. The van der Waals surface area contributed by atoms with Crippen LogP contribution in [0.3, 0.4) is 0 Å². The van der Waals surface area contributed by atoms with Crippen LogP contribution in [-0.4, -0.2) is 52.5 Å². The Kier molecular flexibility index (Phi) is 11.0. The molecule has 4 amide bonds. The van der Waals surface area contributed by atoms with Crippen LogP contribution in [0.15, 0.2) is 28.7 Å². The van der Waals surface area contributed by atoms with Gasteiger partial charge in [-0.05, 0) is 40.4 Å². The lowest BCUT2D eigenvalue weighted by Crippen LogP contribution is -2.54. The van der Waals surface area contributed by atoms with Gasteiger partial charge < -0.3 is 20.7 Å². The summed E-state index contributed by atoms with van der Waals surface area (Å²) in [6.07, 6.45) is 1.61. The molecule has 1 aromatic rings. The maximum absolute atomic E-state index is 12.6. The van der Waals surface area contributed by atoms with Crippen LogP contribution in [0.2, 0.25) is 0 Å². The molecule has 0 aliphatic rings. The molecule has 0 heterocycles. The number of halogens is 1. The fraction of sp³-hybridized carbons (Fsp3) is 0.421. The minimum atomic E-state index is -1.53. The third-order valence-electron chi connectivity index (χ3n) is 4.00. The first kappa shape index (κ1) is 26.4. The predicted molar refractivity (Wildman–Crippen MR) is 119 cm³/mol. The zero-order valence-electron chi connectivity index (χ0n) is 17.3. The van der Waals surface area contributed by atoms with E-state index in [9.17, 15) is 28.2 Å². The largest absolute Gasteiger partial charge is 0.345 e. The van der Waals surface area contributed by atoms with E-state index in [4.69, 9.17) is 0 Å². The molecule has 1 aromatic carbocycles. The minimum absolute atomic E-state index is 0.0143. The van der Waals surface area contributed by atoms with Crippen LogP contribution < -0.4 is 20.7 Å². The van der Waals surface area contributed by atoms with Gasteiger partial charge in [-0.3, -0.25) is 23.9 Å². The Hall–Kier alpha value is -2.60. The van der Waals surface area contributed by atoms with Gasteiger partial charge in [0, 0.05) is 17.1 Å². The molecular formula is C19H25BrN4O6S. The van der Waals surface area contributed by atoms with E-state index >= 15 is 0 Å².